The van der Waals surface area contributed by atoms with E-state index < -0.39 is 0 Å². The van der Waals surface area contributed by atoms with Gasteiger partial charge in [-0.05, 0) is 37.1 Å². The average molecular weight is 305 g/mol. The minimum absolute atomic E-state index is 0.126. The molecule has 1 aromatic carbocycles. The number of nitrogens with zero attached hydrogens (tertiary/aromatic N) is 1. The second-order valence-corrected chi connectivity index (χ2v) is 6.43. The van der Waals surface area contributed by atoms with Crippen molar-refractivity contribution in [2.75, 3.05) is 13.1 Å². The first-order valence-corrected chi connectivity index (χ1v) is 8.43. The van der Waals surface area contributed by atoms with Gasteiger partial charge in [-0.1, -0.05) is 19.3 Å². The lowest BCUT2D eigenvalue weighted by Gasteiger charge is -2.35. The molecule has 0 bridgehead atoms. The maximum absolute atomic E-state index is 12.9. The van der Waals surface area contributed by atoms with E-state index in [-0.39, 0.29) is 17.8 Å². The molecule has 1 amide bonds. The molecule has 1 saturated carbocycles. The van der Waals surface area contributed by atoms with Crippen LogP contribution in [0.5, 0.6) is 5.75 Å². The molecule has 1 aliphatic heterocycles. The second kappa shape index (κ2) is 7.12. The zero-order valence-electron chi connectivity index (χ0n) is 13.0. The lowest BCUT2D eigenvalue weighted by molar-refractivity contribution is -0.138. The van der Waals surface area contributed by atoms with Crippen LogP contribution in [0.2, 0.25) is 0 Å². The Morgan fingerprint density at radius 3 is 2.27 bits per heavy atom. The molecule has 0 N–H and O–H groups in total. The zero-order chi connectivity index (χ0) is 15.4. The summed E-state index contributed by atoms with van der Waals surface area (Å²) >= 11 is 0. The number of piperidine rings is 1. The highest BCUT2D eigenvalue weighted by Crippen LogP contribution is 2.27. The van der Waals surface area contributed by atoms with Gasteiger partial charge < -0.3 is 9.64 Å². The summed E-state index contributed by atoms with van der Waals surface area (Å²) in [6, 6.07) is 6.15. The second-order valence-electron chi connectivity index (χ2n) is 6.43. The minimum Gasteiger partial charge on any atom is -0.490 e. The Bertz CT molecular complexity index is 488. The van der Waals surface area contributed by atoms with Crippen molar-refractivity contribution in [3.05, 3.63) is 30.1 Å². The smallest absolute Gasteiger partial charge is 0.225 e. The molecule has 2 fully saturated rings. The van der Waals surface area contributed by atoms with E-state index in [1.807, 2.05) is 4.90 Å². The van der Waals surface area contributed by atoms with Gasteiger partial charge in [-0.3, -0.25) is 4.79 Å². The molecule has 0 spiro atoms. The summed E-state index contributed by atoms with van der Waals surface area (Å²) in [6.45, 7) is 1.56. The van der Waals surface area contributed by atoms with Crippen LogP contribution in [0.15, 0.2) is 24.3 Å². The van der Waals surface area contributed by atoms with Crippen LogP contribution in [0, 0.1) is 11.7 Å². The maximum atomic E-state index is 12.9. The summed E-state index contributed by atoms with van der Waals surface area (Å²) in [7, 11) is 0. The first-order chi connectivity index (χ1) is 10.7. The fourth-order valence-electron chi connectivity index (χ4n) is 3.51. The summed E-state index contributed by atoms with van der Waals surface area (Å²) in [5, 5.41) is 0. The van der Waals surface area contributed by atoms with Crippen LogP contribution < -0.4 is 4.74 Å². The van der Waals surface area contributed by atoms with Gasteiger partial charge in [0, 0.05) is 31.8 Å². The molecule has 2 aliphatic rings. The molecular formula is C18H24FNO2. The van der Waals surface area contributed by atoms with Crippen molar-refractivity contribution in [3.8, 4) is 5.75 Å². The normalized spacial score (nSPS) is 20.9. The Kier molecular flexibility index (Phi) is 4.96. The van der Waals surface area contributed by atoms with Crippen molar-refractivity contribution < 1.29 is 13.9 Å². The van der Waals surface area contributed by atoms with Crippen LogP contribution in [0.1, 0.15) is 44.9 Å². The summed E-state index contributed by atoms with van der Waals surface area (Å²) in [5.41, 5.74) is 0. The molecule has 1 aromatic rings. The molecule has 0 atom stereocenters. The monoisotopic (exact) mass is 305 g/mol. The third-order valence-corrected chi connectivity index (χ3v) is 4.82. The largest absolute Gasteiger partial charge is 0.490 e. The fraction of sp³-hybridized carbons (Fsp3) is 0.611. The van der Waals surface area contributed by atoms with Crippen LogP contribution >= 0.6 is 0 Å². The zero-order valence-corrected chi connectivity index (χ0v) is 13.0. The minimum atomic E-state index is -0.250. The van der Waals surface area contributed by atoms with E-state index in [0.717, 1.165) is 38.8 Å². The van der Waals surface area contributed by atoms with Crippen LogP contribution in [0.4, 0.5) is 4.39 Å². The summed E-state index contributed by atoms with van der Waals surface area (Å²) < 4.78 is 18.8. The van der Waals surface area contributed by atoms with Crippen molar-refractivity contribution >= 4 is 5.91 Å². The summed E-state index contributed by atoms with van der Waals surface area (Å²) in [6.07, 6.45) is 7.63. The van der Waals surface area contributed by atoms with E-state index >= 15 is 0 Å². The van der Waals surface area contributed by atoms with E-state index in [0.29, 0.717) is 11.7 Å². The average Bonchev–Trinajstić information content (AvgIpc) is 2.58. The number of carbonyl (C=O) groups excluding carboxylic acids is 1. The third-order valence-electron chi connectivity index (χ3n) is 4.82. The highest BCUT2D eigenvalue weighted by molar-refractivity contribution is 5.79. The van der Waals surface area contributed by atoms with E-state index in [4.69, 9.17) is 4.74 Å². The number of rotatable bonds is 3. The van der Waals surface area contributed by atoms with Crippen LogP contribution in [-0.4, -0.2) is 30.0 Å². The van der Waals surface area contributed by atoms with E-state index in [1.54, 1.807) is 12.1 Å². The number of benzene rings is 1. The first-order valence-electron chi connectivity index (χ1n) is 8.43. The van der Waals surface area contributed by atoms with Gasteiger partial charge in [-0.2, -0.15) is 0 Å². The Hall–Kier alpha value is -1.58. The number of carbonyl (C=O) groups is 1. The quantitative estimate of drug-likeness (QED) is 0.850. The predicted molar refractivity (Wildman–Crippen MR) is 83.2 cm³/mol. The molecule has 1 saturated heterocycles. The molecule has 22 heavy (non-hydrogen) atoms. The van der Waals surface area contributed by atoms with E-state index in [2.05, 4.69) is 0 Å². The molecule has 0 radical (unpaired) electrons. The SMILES string of the molecule is O=C(C1CCCCC1)N1CCC(Oc2ccc(F)cc2)CC1. The first kappa shape index (κ1) is 15.3. The van der Waals surface area contributed by atoms with Gasteiger partial charge >= 0.3 is 0 Å². The van der Waals surface area contributed by atoms with Gasteiger partial charge in [0.1, 0.15) is 17.7 Å². The lowest BCUT2D eigenvalue weighted by Crippen LogP contribution is -2.44. The highest BCUT2D eigenvalue weighted by atomic mass is 19.1. The number of amides is 1. The lowest BCUT2D eigenvalue weighted by atomic mass is 9.88. The van der Waals surface area contributed by atoms with Gasteiger partial charge in [-0.15, -0.1) is 0 Å². The molecule has 120 valence electrons. The summed E-state index contributed by atoms with van der Waals surface area (Å²) in [4.78, 5) is 14.5. The van der Waals surface area contributed by atoms with Gasteiger partial charge in [0.25, 0.3) is 0 Å². The Balaban J connectivity index is 1.47. The molecule has 1 aliphatic carbocycles. The molecule has 0 aromatic heterocycles. The van der Waals surface area contributed by atoms with Gasteiger partial charge in [0.2, 0.25) is 5.91 Å². The van der Waals surface area contributed by atoms with Crippen molar-refractivity contribution in [1.82, 2.24) is 4.90 Å². The number of hydrogen-bond donors (Lipinski definition) is 0. The Morgan fingerprint density at radius 1 is 1.00 bits per heavy atom. The van der Waals surface area contributed by atoms with Gasteiger partial charge in [0.05, 0.1) is 0 Å². The van der Waals surface area contributed by atoms with Crippen molar-refractivity contribution in [2.24, 2.45) is 5.92 Å². The molecule has 0 unspecified atom stereocenters. The van der Waals surface area contributed by atoms with E-state index in [9.17, 15) is 9.18 Å². The van der Waals surface area contributed by atoms with Gasteiger partial charge in [0.15, 0.2) is 0 Å². The Labute approximate surface area is 131 Å². The third kappa shape index (κ3) is 3.79. The van der Waals surface area contributed by atoms with Crippen LogP contribution in [0.25, 0.3) is 0 Å². The standard InChI is InChI=1S/C18H24FNO2/c19-15-6-8-16(9-7-15)22-17-10-12-20(13-11-17)18(21)14-4-2-1-3-5-14/h6-9,14,17H,1-5,10-13H2. The van der Waals surface area contributed by atoms with E-state index in [1.165, 1.54) is 31.4 Å². The number of halogens is 1. The highest BCUT2D eigenvalue weighted by Gasteiger charge is 2.29. The Morgan fingerprint density at radius 2 is 1.64 bits per heavy atom. The number of ether oxygens (including phenoxy) is 1. The number of likely N-dealkylation sites (tertiary alicyclic amines) is 1. The van der Waals surface area contributed by atoms with Crippen molar-refractivity contribution in [1.29, 1.82) is 0 Å². The fourth-order valence-corrected chi connectivity index (χ4v) is 3.51. The van der Waals surface area contributed by atoms with Crippen LogP contribution in [0.3, 0.4) is 0 Å². The molecule has 1 heterocycles. The number of hydrogen-bond acceptors (Lipinski definition) is 2. The van der Waals surface area contributed by atoms with Crippen molar-refractivity contribution in [2.45, 2.75) is 51.0 Å². The molecule has 3 nitrogen and oxygen atoms in total. The topological polar surface area (TPSA) is 29.5 Å². The predicted octanol–water partition coefficient (Wildman–Crippen LogP) is 3.78. The van der Waals surface area contributed by atoms with Crippen molar-refractivity contribution in [3.63, 3.8) is 0 Å². The van der Waals surface area contributed by atoms with Crippen LogP contribution in [-0.2, 0) is 4.79 Å². The molecule has 4 heteroatoms. The molecule has 3 rings (SSSR count). The summed E-state index contributed by atoms with van der Waals surface area (Å²) in [5.74, 6) is 1.06. The molecular weight excluding hydrogens is 281 g/mol. The maximum Gasteiger partial charge on any atom is 0.225 e. The van der Waals surface area contributed by atoms with Gasteiger partial charge in [-0.25, -0.2) is 4.39 Å².